The van der Waals surface area contributed by atoms with Crippen LogP contribution in [0.1, 0.15) is 74.7 Å². The highest BCUT2D eigenvalue weighted by Crippen LogP contribution is 2.72. The number of rotatable bonds is 5. The van der Waals surface area contributed by atoms with Crippen molar-refractivity contribution in [2.45, 2.75) is 105 Å². The van der Waals surface area contributed by atoms with E-state index in [-0.39, 0.29) is 36.4 Å². The molecule has 0 amide bonds. The van der Waals surface area contributed by atoms with E-state index in [1.165, 1.54) is 13.8 Å². The number of allylic oxidation sites excluding steroid dienone is 2. The molecule has 0 bridgehead atoms. The summed E-state index contributed by atoms with van der Waals surface area (Å²) in [5.41, 5.74) is 1.06. The van der Waals surface area contributed by atoms with Crippen molar-refractivity contribution in [1.29, 1.82) is 0 Å². The number of cyclic esters (lactones) is 1. The number of esters is 4. The van der Waals surface area contributed by atoms with E-state index in [0.29, 0.717) is 43.6 Å². The molecule has 0 radical (unpaired) electrons. The molecule has 3 aliphatic heterocycles. The maximum atomic E-state index is 13.6. The van der Waals surface area contributed by atoms with Crippen LogP contribution in [0.4, 0.5) is 0 Å². The Labute approximate surface area is 264 Å². The van der Waals surface area contributed by atoms with Crippen molar-refractivity contribution >= 4 is 23.9 Å². The van der Waals surface area contributed by atoms with Crippen LogP contribution in [0.25, 0.3) is 0 Å². The Morgan fingerprint density at radius 2 is 1.67 bits per heavy atom. The van der Waals surface area contributed by atoms with Gasteiger partial charge in [-0.15, -0.1) is 0 Å². The molecule has 0 aromatic carbocycles. The van der Waals surface area contributed by atoms with Crippen LogP contribution in [0, 0.1) is 34.0 Å². The quantitative estimate of drug-likeness (QED) is 0.188. The molecule has 0 aromatic rings. The van der Waals surface area contributed by atoms with Crippen LogP contribution >= 0.6 is 0 Å². The van der Waals surface area contributed by atoms with Crippen LogP contribution in [-0.4, -0.2) is 74.2 Å². The molecule has 10 heteroatoms. The van der Waals surface area contributed by atoms with Crippen LogP contribution < -0.4 is 0 Å². The molecule has 45 heavy (non-hydrogen) atoms. The SMILES string of the molecule is CC=C(C)C(=O)OC1C2OCC3(C)C(OC(C)=O)CC(OC(C)=O)C(C)(C23)C2CCOC3CC(C4=CCOC4=O)C(C)=C3C12C. The monoisotopic (exact) mass is 626 g/mol. The Morgan fingerprint density at radius 3 is 2.29 bits per heavy atom. The van der Waals surface area contributed by atoms with Gasteiger partial charge in [-0.2, -0.15) is 0 Å². The van der Waals surface area contributed by atoms with Gasteiger partial charge in [0.05, 0.1) is 18.8 Å². The second-order valence-corrected chi connectivity index (χ2v) is 14.5. The zero-order valence-corrected chi connectivity index (χ0v) is 27.6. The highest BCUT2D eigenvalue weighted by molar-refractivity contribution is 5.92. The second-order valence-electron chi connectivity index (χ2n) is 14.5. The van der Waals surface area contributed by atoms with Gasteiger partial charge in [-0.25, -0.2) is 9.59 Å². The third-order valence-electron chi connectivity index (χ3n) is 12.3. The lowest BCUT2D eigenvalue weighted by molar-refractivity contribution is -0.258. The number of carbonyl (C=O) groups is 4. The Morgan fingerprint density at radius 1 is 0.978 bits per heavy atom. The van der Waals surface area contributed by atoms with Gasteiger partial charge in [0.15, 0.2) is 0 Å². The molecule has 246 valence electrons. The van der Waals surface area contributed by atoms with Gasteiger partial charge in [-0.3, -0.25) is 9.59 Å². The fourth-order valence-corrected chi connectivity index (χ4v) is 10.4. The Balaban J connectivity index is 1.58. The third-order valence-corrected chi connectivity index (χ3v) is 12.3. The molecule has 4 fully saturated rings. The highest BCUT2D eigenvalue weighted by Gasteiger charge is 2.77. The fourth-order valence-electron chi connectivity index (χ4n) is 10.4. The van der Waals surface area contributed by atoms with E-state index in [1.54, 1.807) is 19.9 Å². The minimum atomic E-state index is -0.805. The molecule has 2 saturated heterocycles. The number of fused-ring (bicyclic) bond motifs is 4. The topological polar surface area (TPSA) is 124 Å². The Hall–Kier alpha value is -2.98. The summed E-state index contributed by atoms with van der Waals surface area (Å²) < 4.78 is 37.3. The lowest BCUT2D eigenvalue weighted by Gasteiger charge is -2.66. The maximum Gasteiger partial charge on any atom is 0.334 e. The summed E-state index contributed by atoms with van der Waals surface area (Å²) in [6, 6.07) is 0. The smallest absolute Gasteiger partial charge is 0.334 e. The molecular formula is C35H46O10. The summed E-state index contributed by atoms with van der Waals surface area (Å²) in [6.45, 7) is 15.8. The van der Waals surface area contributed by atoms with Gasteiger partial charge in [-0.05, 0) is 51.2 Å². The molecule has 0 spiro atoms. The van der Waals surface area contributed by atoms with Gasteiger partial charge in [0.2, 0.25) is 0 Å². The van der Waals surface area contributed by atoms with Crippen LogP contribution in [0.3, 0.4) is 0 Å². The Bertz CT molecular complexity index is 1410. The average molecular weight is 627 g/mol. The number of hydrogen-bond acceptors (Lipinski definition) is 10. The Kier molecular flexibility index (Phi) is 7.87. The zero-order chi connectivity index (χ0) is 32.6. The summed E-state index contributed by atoms with van der Waals surface area (Å²) in [6.07, 6.45) is 2.36. The van der Waals surface area contributed by atoms with Gasteiger partial charge in [0.1, 0.15) is 24.9 Å². The number of carbonyl (C=O) groups excluding carboxylic acids is 4. The highest BCUT2D eigenvalue weighted by atomic mass is 16.6. The first kappa shape index (κ1) is 32.0. The number of ether oxygens (including phenoxy) is 6. The minimum Gasteiger partial charge on any atom is -0.462 e. The van der Waals surface area contributed by atoms with Crippen LogP contribution in [0.2, 0.25) is 0 Å². The molecule has 0 N–H and O–H groups in total. The average Bonchev–Trinajstić information content (AvgIpc) is 3.62. The van der Waals surface area contributed by atoms with Crippen molar-refractivity contribution in [3.8, 4) is 0 Å². The standard InChI is InChI=1S/C35H46O10/c1-9-17(2)31(38)45-30-28-29-33(6,16-42-28)25(43-19(4)36)15-26(44-20(5)37)34(29,7)24-11-13-40-23-14-22(21-10-12-41-32(21)39)18(3)27(23)35(24,30)8/h9-10,22-26,28-30H,11-16H2,1-8H3. The molecule has 10 nitrogen and oxygen atoms in total. The summed E-state index contributed by atoms with van der Waals surface area (Å²) in [5, 5.41) is 0. The first-order valence-electron chi connectivity index (χ1n) is 16.2. The minimum absolute atomic E-state index is 0.183. The van der Waals surface area contributed by atoms with E-state index >= 15 is 0 Å². The predicted octanol–water partition coefficient (Wildman–Crippen LogP) is 4.40. The van der Waals surface area contributed by atoms with E-state index in [9.17, 15) is 19.2 Å². The molecule has 6 rings (SSSR count). The van der Waals surface area contributed by atoms with E-state index in [4.69, 9.17) is 28.4 Å². The molecule has 11 atom stereocenters. The van der Waals surface area contributed by atoms with Gasteiger partial charge < -0.3 is 28.4 Å². The maximum absolute atomic E-state index is 13.6. The first-order valence-corrected chi connectivity index (χ1v) is 16.2. The lowest BCUT2D eigenvalue weighted by Crippen LogP contribution is -2.72. The molecule has 6 aliphatic rings. The zero-order valence-electron chi connectivity index (χ0n) is 27.6. The van der Waals surface area contributed by atoms with Crippen molar-refractivity contribution in [3.63, 3.8) is 0 Å². The van der Waals surface area contributed by atoms with Crippen LogP contribution in [-0.2, 0) is 47.6 Å². The molecular weight excluding hydrogens is 580 g/mol. The van der Waals surface area contributed by atoms with Crippen LogP contribution in [0.15, 0.2) is 34.4 Å². The van der Waals surface area contributed by atoms with E-state index in [0.717, 1.165) is 11.1 Å². The summed E-state index contributed by atoms with van der Waals surface area (Å²) in [7, 11) is 0. The molecule has 3 aliphatic carbocycles. The van der Waals surface area contributed by atoms with Gasteiger partial charge in [0, 0.05) is 66.1 Å². The van der Waals surface area contributed by atoms with Crippen molar-refractivity contribution in [2.24, 2.45) is 34.0 Å². The lowest BCUT2D eigenvalue weighted by atomic mass is 9.39. The first-order chi connectivity index (χ1) is 21.2. The molecule has 3 heterocycles. The molecule has 2 saturated carbocycles. The molecule has 11 unspecified atom stereocenters. The van der Waals surface area contributed by atoms with Gasteiger partial charge >= 0.3 is 23.9 Å². The number of hydrogen-bond donors (Lipinski definition) is 0. The van der Waals surface area contributed by atoms with Crippen molar-refractivity contribution in [3.05, 3.63) is 34.4 Å². The van der Waals surface area contributed by atoms with Crippen molar-refractivity contribution in [1.82, 2.24) is 0 Å². The normalized spacial score (nSPS) is 43.8. The predicted molar refractivity (Wildman–Crippen MR) is 160 cm³/mol. The van der Waals surface area contributed by atoms with Crippen molar-refractivity contribution < 1.29 is 47.6 Å². The summed E-state index contributed by atoms with van der Waals surface area (Å²) in [5.74, 6) is -2.21. The second kappa shape index (κ2) is 11.1. The van der Waals surface area contributed by atoms with E-state index in [2.05, 4.69) is 27.7 Å². The van der Waals surface area contributed by atoms with Crippen LogP contribution in [0.5, 0.6) is 0 Å². The van der Waals surface area contributed by atoms with E-state index in [1.807, 2.05) is 6.08 Å². The fraction of sp³-hybridized carbons (Fsp3) is 0.714. The third kappa shape index (κ3) is 4.56. The summed E-state index contributed by atoms with van der Waals surface area (Å²) in [4.78, 5) is 51.4. The largest absolute Gasteiger partial charge is 0.462 e. The molecule has 0 aromatic heterocycles. The van der Waals surface area contributed by atoms with Crippen molar-refractivity contribution in [2.75, 3.05) is 19.8 Å². The van der Waals surface area contributed by atoms with E-state index < -0.39 is 58.6 Å². The summed E-state index contributed by atoms with van der Waals surface area (Å²) >= 11 is 0. The van der Waals surface area contributed by atoms with Gasteiger partial charge in [0.25, 0.3) is 0 Å². The van der Waals surface area contributed by atoms with Gasteiger partial charge in [-0.1, -0.05) is 32.4 Å².